The molecule has 1 fully saturated rings. The van der Waals surface area contributed by atoms with E-state index in [-0.39, 0.29) is 31.3 Å². The van der Waals surface area contributed by atoms with Gasteiger partial charge in [0, 0.05) is 23.8 Å². The van der Waals surface area contributed by atoms with E-state index in [0.29, 0.717) is 18.0 Å². The third kappa shape index (κ3) is 6.45. The molecule has 1 saturated carbocycles. The second-order valence-electron chi connectivity index (χ2n) is 6.27. The number of nitrogens with zero attached hydrogens (tertiary/aromatic N) is 1. The standard InChI is InChI=1S/C18H25N3O6/c1-3-21(10-16(22)23)14-7-13(8-14)20-18(25)19-12-5-4-6-15(9-12)27-11-17(24)26-2/h4-6,9,13-14H,3,7-8,10-11H2,1-2H3,(H,22,23)(H2,19,20,25). The Morgan fingerprint density at radius 1 is 1.30 bits per heavy atom. The maximum Gasteiger partial charge on any atom is 0.343 e. The fourth-order valence-corrected chi connectivity index (χ4v) is 2.89. The van der Waals surface area contributed by atoms with Crippen LogP contribution in [-0.4, -0.2) is 66.9 Å². The van der Waals surface area contributed by atoms with Gasteiger partial charge in [0.15, 0.2) is 6.61 Å². The summed E-state index contributed by atoms with van der Waals surface area (Å²) in [6, 6.07) is 6.53. The van der Waals surface area contributed by atoms with Crippen LogP contribution < -0.4 is 15.4 Å². The van der Waals surface area contributed by atoms with Crippen molar-refractivity contribution in [1.29, 1.82) is 0 Å². The number of anilines is 1. The van der Waals surface area contributed by atoms with E-state index < -0.39 is 11.9 Å². The number of benzene rings is 1. The number of esters is 1. The lowest BCUT2D eigenvalue weighted by Gasteiger charge is -2.42. The van der Waals surface area contributed by atoms with E-state index >= 15 is 0 Å². The number of carbonyl (C=O) groups excluding carboxylic acids is 2. The highest BCUT2D eigenvalue weighted by molar-refractivity contribution is 5.89. The van der Waals surface area contributed by atoms with E-state index in [1.807, 2.05) is 11.8 Å². The average molecular weight is 379 g/mol. The molecule has 3 N–H and O–H groups in total. The molecule has 9 heteroatoms. The van der Waals surface area contributed by atoms with Crippen LogP contribution in [0.3, 0.4) is 0 Å². The second-order valence-corrected chi connectivity index (χ2v) is 6.27. The summed E-state index contributed by atoms with van der Waals surface area (Å²) in [5, 5.41) is 14.5. The SMILES string of the molecule is CCN(CC(=O)O)C1CC(NC(=O)Nc2cccc(OCC(=O)OC)c2)C1. The Morgan fingerprint density at radius 2 is 2.04 bits per heavy atom. The number of likely N-dealkylation sites (N-methyl/N-ethyl adjacent to an activating group) is 1. The predicted molar refractivity (Wildman–Crippen MR) is 97.8 cm³/mol. The number of carboxylic acid groups (broad SMARTS) is 1. The molecule has 0 aliphatic heterocycles. The van der Waals surface area contributed by atoms with Crippen molar-refractivity contribution in [3.8, 4) is 5.75 Å². The van der Waals surface area contributed by atoms with Crippen molar-refractivity contribution >= 4 is 23.7 Å². The number of ether oxygens (including phenoxy) is 2. The van der Waals surface area contributed by atoms with Crippen LogP contribution in [0.4, 0.5) is 10.5 Å². The van der Waals surface area contributed by atoms with Gasteiger partial charge in [0.2, 0.25) is 0 Å². The molecule has 1 aromatic rings. The maximum atomic E-state index is 12.1. The zero-order chi connectivity index (χ0) is 19.8. The number of hydrogen-bond donors (Lipinski definition) is 3. The van der Waals surface area contributed by atoms with Crippen LogP contribution in [-0.2, 0) is 14.3 Å². The van der Waals surface area contributed by atoms with Gasteiger partial charge in [-0.2, -0.15) is 0 Å². The third-order valence-corrected chi connectivity index (χ3v) is 4.39. The minimum atomic E-state index is -0.847. The van der Waals surface area contributed by atoms with Crippen molar-refractivity contribution in [3.63, 3.8) is 0 Å². The monoisotopic (exact) mass is 379 g/mol. The van der Waals surface area contributed by atoms with Gasteiger partial charge in [-0.25, -0.2) is 9.59 Å². The molecule has 2 rings (SSSR count). The first-order chi connectivity index (χ1) is 12.9. The molecule has 0 heterocycles. The number of aliphatic carboxylic acids is 1. The van der Waals surface area contributed by atoms with Gasteiger partial charge >= 0.3 is 18.0 Å². The van der Waals surface area contributed by atoms with Crippen LogP contribution in [0, 0.1) is 0 Å². The number of hydrogen-bond acceptors (Lipinski definition) is 6. The maximum absolute atomic E-state index is 12.1. The summed E-state index contributed by atoms with van der Waals surface area (Å²) in [4.78, 5) is 36.0. The largest absolute Gasteiger partial charge is 0.482 e. The molecule has 0 unspecified atom stereocenters. The molecule has 9 nitrogen and oxygen atoms in total. The fourth-order valence-electron chi connectivity index (χ4n) is 2.89. The summed E-state index contributed by atoms with van der Waals surface area (Å²) < 4.78 is 9.78. The topological polar surface area (TPSA) is 117 Å². The lowest BCUT2D eigenvalue weighted by atomic mass is 9.85. The summed E-state index contributed by atoms with van der Waals surface area (Å²) >= 11 is 0. The Morgan fingerprint density at radius 3 is 2.67 bits per heavy atom. The highest BCUT2D eigenvalue weighted by Gasteiger charge is 2.34. The van der Waals surface area contributed by atoms with Crippen LogP contribution in [0.2, 0.25) is 0 Å². The zero-order valence-corrected chi connectivity index (χ0v) is 15.4. The Kier molecular flexibility index (Phi) is 7.42. The molecule has 1 aromatic carbocycles. The average Bonchev–Trinajstić information content (AvgIpc) is 2.60. The summed E-state index contributed by atoms with van der Waals surface area (Å²) in [6.45, 7) is 2.39. The van der Waals surface area contributed by atoms with Gasteiger partial charge in [-0.1, -0.05) is 13.0 Å². The Labute approximate surface area is 157 Å². The predicted octanol–water partition coefficient (Wildman–Crippen LogP) is 1.30. The summed E-state index contributed by atoms with van der Waals surface area (Å²) in [6.07, 6.45) is 1.44. The zero-order valence-electron chi connectivity index (χ0n) is 15.4. The second kappa shape index (κ2) is 9.77. The summed E-state index contributed by atoms with van der Waals surface area (Å²) in [7, 11) is 1.28. The molecule has 148 valence electrons. The number of urea groups is 1. The van der Waals surface area contributed by atoms with E-state index in [2.05, 4.69) is 15.4 Å². The van der Waals surface area contributed by atoms with Crippen molar-refractivity contribution < 1.29 is 29.0 Å². The smallest absolute Gasteiger partial charge is 0.343 e. The minimum Gasteiger partial charge on any atom is -0.482 e. The van der Waals surface area contributed by atoms with E-state index in [0.717, 1.165) is 12.8 Å². The van der Waals surface area contributed by atoms with Gasteiger partial charge in [-0.05, 0) is 31.5 Å². The van der Waals surface area contributed by atoms with Gasteiger partial charge in [-0.15, -0.1) is 0 Å². The molecule has 1 aliphatic rings. The highest BCUT2D eigenvalue weighted by Crippen LogP contribution is 2.25. The Balaban J connectivity index is 1.76. The van der Waals surface area contributed by atoms with Gasteiger partial charge in [0.05, 0.1) is 13.7 Å². The normalized spacial score (nSPS) is 18.3. The van der Waals surface area contributed by atoms with Crippen molar-refractivity contribution in [1.82, 2.24) is 10.2 Å². The van der Waals surface area contributed by atoms with Gasteiger partial charge in [0.25, 0.3) is 0 Å². The molecule has 2 amide bonds. The number of nitrogens with one attached hydrogen (secondary N) is 2. The molecule has 1 aliphatic carbocycles. The van der Waals surface area contributed by atoms with Gasteiger partial charge < -0.3 is 25.2 Å². The summed E-state index contributed by atoms with van der Waals surface area (Å²) in [5.74, 6) is -0.899. The molecule has 0 aromatic heterocycles. The van der Waals surface area contributed by atoms with Crippen LogP contribution >= 0.6 is 0 Å². The van der Waals surface area contributed by atoms with Crippen molar-refractivity contribution in [2.45, 2.75) is 31.8 Å². The summed E-state index contributed by atoms with van der Waals surface area (Å²) in [5.41, 5.74) is 0.534. The number of methoxy groups -OCH3 is 1. The van der Waals surface area contributed by atoms with Crippen molar-refractivity contribution in [3.05, 3.63) is 24.3 Å². The first-order valence-corrected chi connectivity index (χ1v) is 8.74. The van der Waals surface area contributed by atoms with Crippen LogP contribution in [0.15, 0.2) is 24.3 Å². The molecule has 0 atom stereocenters. The number of rotatable bonds is 9. The first-order valence-electron chi connectivity index (χ1n) is 8.74. The minimum absolute atomic E-state index is 0.0107. The van der Waals surface area contributed by atoms with Crippen LogP contribution in [0.25, 0.3) is 0 Å². The van der Waals surface area contributed by atoms with Crippen molar-refractivity contribution in [2.24, 2.45) is 0 Å². The molecule has 0 spiro atoms. The first kappa shape index (κ1) is 20.5. The van der Waals surface area contributed by atoms with Crippen molar-refractivity contribution in [2.75, 3.05) is 32.1 Å². The highest BCUT2D eigenvalue weighted by atomic mass is 16.6. The molecular formula is C18H25N3O6. The Bertz CT molecular complexity index is 675. The third-order valence-electron chi connectivity index (χ3n) is 4.39. The number of carboxylic acids is 1. The van der Waals surface area contributed by atoms with Crippen LogP contribution in [0.1, 0.15) is 19.8 Å². The molecule has 0 saturated heterocycles. The quantitative estimate of drug-likeness (QED) is 0.554. The number of carbonyl (C=O) groups is 3. The molecule has 0 bridgehead atoms. The fraction of sp³-hybridized carbons (Fsp3) is 0.500. The lowest BCUT2D eigenvalue weighted by Crippen LogP contribution is -2.55. The van der Waals surface area contributed by atoms with E-state index in [4.69, 9.17) is 9.84 Å². The molecule has 27 heavy (non-hydrogen) atoms. The molecule has 0 radical (unpaired) electrons. The van der Waals surface area contributed by atoms with Crippen LogP contribution in [0.5, 0.6) is 5.75 Å². The van der Waals surface area contributed by atoms with E-state index in [9.17, 15) is 14.4 Å². The lowest BCUT2D eigenvalue weighted by molar-refractivity contribution is -0.143. The molecular weight excluding hydrogens is 354 g/mol. The number of amides is 2. The Hall–Kier alpha value is -2.81. The van der Waals surface area contributed by atoms with Gasteiger partial charge in [0.1, 0.15) is 5.75 Å². The van der Waals surface area contributed by atoms with E-state index in [1.54, 1.807) is 24.3 Å². The van der Waals surface area contributed by atoms with Gasteiger partial charge in [-0.3, -0.25) is 9.69 Å². The van der Waals surface area contributed by atoms with E-state index in [1.165, 1.54) is 7.11 Å².